The maximum atomic E-state index is 11.8. The molecule has 1 aromatic rings. The van der Waals surface area contributed by atoms with Crippen molar-refractivity contribution >= 4 is 21.6 Å². The zero-order valence-electron chi connectivity index (χ0n) is 8.14. The van der Waals surface area contributed by atoms with E-state index in [4.69, 9.17) is 11.6 Å². The molecule has 82 valence electrons. The molecule has 1 fully saturated rings. The molecule has 2 atom stereocenters. The number of benzene rings is 1. The van der Waals surface area contributed by atoms with Gasteiger partial charge >= 0.3 is 0 Å². The molecule has 5 heteroatoms. The van der Waals surface area contributed by atoms with E-state index in [0.29, 0.717) is 12.4 Å². The van der Waals surface area contributed by atoms with E-state index in [1.165, 1.54) is 4.31 Å². The summed E-state index contributed by atoms with van der Waals surface area (Å²) in [5, 5.41) is 0. The lowest BCUT2D eigenvalue weighted by Gasteiger charge is -2.05. The van der Waals surface area contributed by atoms with E-state index < -0.39 is 10.0 Å². The van der Waals surface area contributed by atoms with Gasteiger partial charge in [0.1, 0.15) is 0 Å². The van der Waals surface area contributed by atoms with Crippen LogP contribution in [0.2, 0.25) is 0 Å². The van der Waals surface area contributed by atoms with Crippen LogP contribution in [0.15, 0.2) is 30.3 Å². The normalized spacial score (nSPS) is 25.1. The fourth-order valence-electron chi connectivity index (χ4n) is 1.49. The van der Waals surface area contributed by atoms with Gasteiger partial charge in [0, 0.05) is 12.4 Å². The Morgan fingerprint density at radius 2 is 2.00 bits per heavy atom. The average molecular weight is 246 g/mol. The predicted molar refractivity (Wildman–Crippen MR) is 60.3 cm³/mol. The minimum atomic E-state index is -3.15. The van der Waals surface area contributed by atoms with E-state index >= 15 is 0 Å². The topological polar surface area (TPSA) is 37.1 Å². The maximum Gasteiger partial charge on any atom is 0.218 e. The molecule has 1 saturated heterocycles. The van der Waals surface area contributed by atoms with Crippen molar-refractivity contribution in [2.24, 2.45) is 0 Å². The Balaban J connectivity index is 2.07. The van der Waals surface area contributed by atoms with Gasteiger partial charge in [-0.3, -0.25) is 0 Å². The SMILES string of the molecule is O=S(=O)(Cc1ccccc1)[N@]1CC1CCl. The van der Waals surface area contributed by atoms with Gasteiger partial charge in [-0.15, -0.1) is 11.6 Å². The van der Waals surface area contributed by atoms with Crippen LogP contribution in [0.4, 0.5) is 0 Å². The second kappa shape index (κ2) is 4.12. The van der Waals surface area contributed by atoms with Gasteiger partial charge in [0.2, 0.25) is 10.0 Å². The van der Waals surface area contributed by atoms with E-state index in [0.717, 1.165) is 5.56 Å². The standard InChI is InChI=1S/C10H12ClNO2S/c11-6-10-7-12(10)15(13,14)8-9-4-2-1-3-5-9/h1-5,10H,6-8H2/t10?,12-/m1/s1. The van der Waals surface area contributed by atoms with Crippen LogP contribution in [0, 0.1) is 0 Å². The second-order valence-electron chi connectivity index (χ2n) is 3.62. The Kier molecular flexibility index (Phi) is 3.00. The Hall–Kier alpha value is -0.580. The van der Waals surface area contributed by atoms with Crippen molar-refractivity contribution in [2.75, 3.05) is 12.4 Å². The molecule has 1 unspecified atom stereocenters. The average Bonchev–Trinajstić information content (AvgIpc) is 2.98. The maximum absolute atomic E-state index is 11.8. The van der Waals surface area contributed by atoms with Gasteiger partial charge in [0.15, 0.2) is 0 Å². The molecule has 0 saturated carbocycles. The summed E-state index contributed by atoms with van der Waals surface area (Å²) in [6.07, 6.45) is 0. The fraction of sp³-hybridized carbons (Fsp3) is 0.400. The number of hydrogen-bond acceptors (Lipinski definition) is 2. The number of halogens is 1. The van der Waals surface area contributed by atoms with E-state index in [2.05, 4.69) is 0 Å². The molecule has 3 nitrogen and oxygen atoms in total. The molecule has 0 bridgehead atoms. The molecule has 1 aliphatic heterocycles. The quantitative estimate of drug-likeness (QED) is 0.595. The first-order valence-corrected chi connectivity index (χ1v) is 6.87. The summed E-state index contributed by atoms with van der Waals surface area (Å²) >= 11 is 5.60. The fourth-order valence-corrected chi connectivity index (χ4v) is 3.55. The van der Waals surface area contributed by atoms with Gasteiger partial charge in [-0.05, 0) is 5.56 Å². The summed E-state index contributed by atoms with van der Waals surface area (Å²) < 4.78 is 25.0. The van der Waals surface area contributed by atoms with E-state index in [-0.39, 0.29) is 11.8 Å². The Labute approximate surface area is 94.7 Å². The number of rotatable bonds is 4. The van der Waals surface area contributed by atoms with Crippen LogP contribution in [-0.4, -0.2) is 31.2 Å². The van der Waals surface area contributed by atoms with Gasteiger partial charge in [0.25, 0.3) is 0 Å². The van der Waals surface area contributed by atoms with Crippen LogP contribution in [0.3, 0.4) is 0 Å². The highest BCUT2D eigenvalue weighted by Gasteiger charge is 2.42. The van der Waals surface area contributed by atoms with Crippen LogP contribution in [-0.2, 0) is 15.8 Å². The van der Waals surface area contributed by atoms with Crippen LogP contribution >= 0.6 is 11.6 Å². The first-order valence-electron chi connectivity index (χ1n) is 4.73. The number of alkyl halides is 1. The molecule has 0 spiro atoms. The first-order chi connectivity index (χ1) is 7.13. The van der Waals surface area contributed by atoms with Crippen molar-refractivity contribution in [1.29, 1.82) is 0 Å². The Bertz CT molecular complexity index is 432. The molecular weight excluding hydrogens is 234 g/mol. The number of hydrogen-bond donors (Lipinski definition) is 0. The minimum absolute atomic E-state index is 0.0142. The van der Waals surface area contributed by atoms with Crippen molar-refractivity contribution < 1.29 is 8.42 Å². The highest BCUT2D eigenvalue weighted by atomic mass is 35.5. The van der Waals surface area contributed by atoms with Gasteiger partial charge in [-0.2, -0.15) is 4.31 Å². The lowest BCUT2D eigenvalue weighted by Crippen LogP contribution is -2.17. The summed E-state index contributed by atoms with van der Waals surface area (Å²) in [6, 6.07) is 9.20. The lowest BCUT2D eigenvalue weighted by atomic mass is 10.2. The molecule has 1 heterocycles. The van der Waals surface area contributed by atoms with Gasteiger partial charge in [-0.25, -0.2) is 8.42 Å². The van der Waals surface area contributed by atoms with Gasteiger partial charge < -0.3 is 0 Å². The number of nitrogens with zero attached hydrogens (tertiary/aromatic N) is 1. The molecule has 0 N–H and O–H groups in total. The predicted octanol–water partition coefficient (Wildman–Crippen LogP) is 1.44. The highest BCUT2D eigenvalue weighted by molar-refractivity contribution is 7.88. The molecule has 1 aromatic carbocycles. The second-order valence-corrected chi connectivity index (χ2v) is 5.85. The Morgan fingerprint density at radius 3 is 2.53 bits per heavy atom. The largest absolute Gasteiger partial charge is 0.218 e. The lowest BCUT2D eigenvalue weighted by molar-refractivity contribution is 0.555. The summed E-state index contributed by atoms with van der Waals surface area (Å²) in [5.74, 6) is 0.454. The number of sulfonamides is 1. The zero-order chi connectivity index (χ0) is 10.9. The highest BCUT2D eigenvalue weighted by Crippen LogP contribution is 2.25. The van der Waals surface area contributed by atoms with Crippen LogP contribution in [0.5, 0.6) is 0 Å². The van der Waals surface area contributed by atoms with Crippen molar-refractivity contribution in [1.82, 2.24) is 4.31 Å². The van der Waals surface area contributed by atoms with E-state index in [9.17, 15) is 8.42 Å². The molecule has 1 aliphatic rings. The van der Waals surface area contributed by atoms with Crippen LogP contribution < -0.4 is 0 Å². The summed E-state index contributed by atoms with van der Waals surface area (Å²) in [4.78, 5) is 0. The van der Waals surface area contributed by atoms with E-state index in [1.807, 2.05) is 30.3 Å². The molecule has 2 rings (SSSR count). The Morgan fingerprint density at radius 1 is 1.33 bits per heavy atom. The molecule has 0 radical (unpaired) electrons. The van der Waals surface area contributed by atoms with Crippen molar-refractivity contribution in [2.45, 2.75) is 11.8 Å². The third kappa shape index (κ3) is 2.51. The van der Waals surface area contributed by atoms with Crippen molar-refractivity contribution in [3.63, 3.8) is 0 Å². The smallest absolute Gasteiger partial charge is 0.212 e. The monoisotopic (exact) mass is 245 g/mol. The van der Waals surface area contributed by atoms with Crippen LogP contribution in [0.1, 0.15) is 5.56 Å². The summed E-state index contributed by atoms with van der Waals surface area (Å²) in [7, 11) is -3.15. The molecule has 0 aromatic heterocycles. The molecule has 0 aliphatic carbocycles. The summed E-state index contributed by atoms with van der Waals surface area (Å²) in [5.41, 5.74) is 0.817. The van der Waals surface area contributed by atoms with Crippen molar-refractivity contribution in [3.8, 4) is 0 Å². The zero-order valence-corrected chi connectivity index (χ0v) is 9.71. The van der Waals surface area contributed by atoms with E-state index in [1.54, 1.807) is 0 Å². The van der Waals surface area contributed by atoms with Gasteiger partial charge in [-0.1, -0.05) is 30.3 Å². The first kappa shape index (κ1) is 10.9. The molecule has 0 amide bonds. The minimum Gasteiger partial charge on any atom is -0.212 e. The van der Waals surface area contributed by atoms with Gasteiger partial charge in [0.05, 0.1) is 11.8 Å². The molecular formula is C10H12ClNO2S. The van der Waals surface area contributed by atoms with Crippen molar-refractivity contribution in [3.05, 3.63) is 35.9 Å². The third-order valence-corrected chi connectivity index (χ3v) is 4.61. The third-order valence-electron chi connectivity index (χ3n) is 2.39. The molecule has 15 heavy (non-hydrogen) atoms. The summed E-state index contributed by atoms with van der Waals surface area (Å²) in [6.45, 7) is 0.568. The van der Waals surface area contributed by atoms with Crippen LogP contribution in [0.25, 0.3) is 0 Å².